The van der Waals surface area contributed by atoms with E-state index in [9.17, 15) is 4.21 Å². The number of benzene rings is 2. The van der Waals surface area contributed by atoms with E-state index in [2.05, 4.69) is 0 Å². The molecule has 1 unspecified atom stereocenters. The van der Waals surface area contributed by atoms with Gasteiger partial charge in [0, 0.05) is 11.6 Å². The van der Waals surface area contributed by atoms with Crippen molar-refractivity contribution in [3.8, 4) is 0 Å². The van der Waals surface area contributed by atoms with Crippen LogP contribution in [0.2, 0.25) is 0 Å². The van der Waals surface area contributed by atoms with Crippen molar-refractivity contribution in [1.29, 1.82) is 0 Å². The van der Waals surface area contributed by atoms with Gasteiger partial charge in [-0.05, 0) is 36.8 Å². The summed E-state index contributed by atoms with van der Waals surface area (Å²) in [7, 11) is -1.18. The van der Waals surface area contributed by atoms with Crippen molar-refractivity contribution in [2.24, 2.45) is 0 Å². The molecule has 0 saturated heterocycles. The van der Waals surface area contributed by atoms with E-state index in [0.717, 1.165) is 21.4 Å². The van der Waals surface area contributed by atoms with E-state index in [1.807, 2.05) is 71.7 Å². The van der Waals surface area contributed by atoms with Crippen LogP contribution in [-0.4, -0.2) is 8.18 Å². The van der Waals surface area contributed by atoms with Gasteiger partial charge in [-0.15, -0.1) is 0 Å². The highest BCUT2D eigenvalue weighted by Crippen LogP contribution is 2.19. The number of hydrogen-bond acceptors (Lipinski definition) is 1. The number of para-hydroxylation sites is 1. The Balaban J connectivity index is 2.12. The second-order valence-corrected chi connectivity index (χ2v) is 5.63. The number of nitrogens with zero attached hydrogens (tertiary/aromatic N) is 1. The van der Waals surface area contributed by atoms with Crippen molar-refractivity contribution in [2.45, 2.75) is 11.8 Å². The Kier molecular flexibility index (Phi) is 2.76. The molecule has 1 atom stereocenters. The molecule has 0 radical (unpaired) electrons. The second kappa shape index (κ2) is 4.42. The topological polar surface area (TPSA) is 22.0 Å². The van der Waals surface area contributed by atoms with Crippen LogP contribution in [0.1, 0.15) is 5.56 Å². The van der Waals surface area contributed by atoms with Gasteiger partial charge in [0.2, 0.25) is 0 Å². The van der Waals surface area contributed by atoms with Crippen molar-refractivity contribution in [3.63, 3.8) is 0 Å². The highest BCUT2D eigenvalue weighted by molar-refractivity contribution is 7.83. The van der Waals surface area contributed by atoms with Crippen LogP contribution < -0.4 is 0 Å². The molecular weight excluding hydrogens is 242 g/mol. The predicted molar refractivity (Wildman–Crippen MR) is 74.9 cm³/mol. The van der Waals surface area contributed by atoms with Crippen molar-refractivity contribution in [1.82, 2.24) is 3.97 Å². The molecule has 0 amide bonds. The molecule has 0 bridgehead atoms. The van der Waals surface area contributed by atoms with Gasteiger partial charge in [-0.1, -0.05) is 30.3 Å². The summed E-state index contributed by atoms with van der Waals surface area (Å²) in [6.45, 7) is 2.01. The average molecular weight is 255 g/mol. The molecule has 2 aromatic carbocycles. The van der Waals surface area contributed by atoms with Crippen LogP contribution >= 0.6 is 0 Å². The van der Waals surface area contributed by atoms with E-state index in [4.69, 9.17) is 0 Å². The summed E-state index contributed by atoms with van der Waals surface area (Å²) in [6.07, 6.45) is 1.88. The number of aromatic nitrogens is 1. The monoisotopic (exact) mass is 255 g/mol. The van der Waals surface area contributed by atoms with Crippen molar-refractivity contribution in [3.05, 3.63) is 66.4 Å². The molecule has 3 aromatic rings. The number of fused-ring (bicyclic) bond motifs is 1. The molecule has 2 nitrogen and oxygen atoms in total. The van der Waals surface area contributed by atoms with Gasteiger partial charge < -0.3 is 0 Å². The normalized spacial score (nSPS) is 12.7. The third-order valence-electron chi connectivity index (χ3n) is 2.93. The fourth-order valence-corrected chi connectivity index (χ4v) is 3.26. The highest BCUT2D eigenvalue weighted by atomic mass is 32.2. The Bertz CT molecular complexity index is 730. The summed E-state index contributed by atoms with van der Waals surface area (Å²) < 4.78 is 14.4. The van der Waals surface area contributed by atoms with E-state index in [-0.39, 0.29) is 0 Å². The summed E-state index contributed by atoms with van der Waals surface area (Å²) >= 11 is 0. The third kappa shape index (κ3) is 1.87. The van der Waals surface area contributed by atoms with Gasteiger partial charge in [0.15, 0.2) is 11.0 Å². The first kappa shape index (κ1) is 11.2. The second-order valence-electron chi connectivity index (χ2n) is 4.27. The molecule has 90 valence electrons. The first-order chi connectivity index (χ1) is 8.75. The Hall–Kier alpha value is -1.87. The van der Waals surface area contributed by atoms with Gasteiger partial charge in [-0.2, -0.15) is 0 Å². The molecule has 3 rings (SSSR count). The minimum absolute atomic E-state index is 0.830. The van der Waals surface area contributed by atoms with Crippen LogP contribution in [0.4, 0.5) is 0 Å². The lowest BCUT2D eigenvalue weighted by atomic mass is 10.2. The molecule has 0 aliphatic heterocycles. The maximum absolute atomic E-state index is 12.5. The summed E-state index contributed by atoms with van der Waals surface area (Å²) in [4.78, 5) is 0.830. The Labute approximate surface area is 108 Å². The zero-order valence-electron chi connectivity index (χ0n) is 10.0. The molecule has 0 saturated carbocycles. The van der Waals surface area contributed by atoms with Crippen molar-refractivity contribution >= 4 is 21.9 Å². The molecule has 0 spiro atoms. The molecule has 1 aromatic heterocycles. The largest absolute Gasteiger partial charge is 0.263 e. The van der Waals surface area contributed by atoms with E-state index >= 15 is 0 Å². The summed E-state index contributed by atoms with van der Waals surface area (Å²) in [6, 6.07) is 17.8. The fraction of sp³-hybridized carbons (Fsp3) is 0.0667. The van der Waals surface area contributed by atoms with Gasteiger partial charge in [-0.3, -0.25) is 3.97 Å². The maximum atomic E-state index is 12.5. The lowest BCUT2D eigenvalue weighted by Gasteiger charge is -2.05. The Morgan fingerprint density at radius 1 is 1.00 bits per heavy atom. The Morgan fingerprint density at radius 3 is 2.67 bits per heavy atom. The number of hydrogen-bond donors (Lipinski definition) is 0. The quantitative estimate of drug-likeness (QED) is 0.686. The van der Waals surface area contributed by atoms with Gasteiger partial charge in [0.25, 0.3) is 0 Å². The van der Waals surface area contributed by atoms with E-state index in [1.54, 1.807) is 0 Å². The van der Waals surface area contributed by atoms with E-state index in [1.165, 1.54) is 0 Å². The maximum Gasteiger partial charge on any atom is 0.157 e. The predicted octanol–water partition coefficient (Wildman–Crippen LogP) is 3.52. The molecule has 0 aliphatic rings. The minimum atomic E-state index is -1.18. The molecule has 18 heavy (non-hydrogen) atoms. The zero-order chi connectivity index (χ0) is 12.5. The lowest BCUT2D eigenvalue weighted by molar-refractivity contribution is 0.678. The van der Waals surface area contributed by atoms with Crippen LogP contribution in [0.15, 0.2) is 65.7 Å². The van der Waals surface area contributed by atoms with Crippen LogP contribution in [0, 0.1) is 6.92 Å². The van der Waals surface area contributed by atoms with Crippen molar-refractivity contribution < 1.29 is 4.21 Å². The summed E-state index contributed by atoms with van der Waals surface area (Å²) in [5, 5.41) is 1.11. The summed E-state index contributed by atoms with van der Waals surface area (Å²) in [5.41, 5.74) is 2.12. The molecular formula is C15H13NOS. The molecule has 0 fully saturated rings. The number of aryl methyl sites for hydroxylation is 1. The SMILES string of the molecule is Cc1cccc(S(=O)n2ccc3ccccc32)c1. The van der Waals surface area contributed by atoms with E-state index < -0.39 is 11.0 Å². The molecule has 1 heterocycles. The highest BCUT2D eigenvalue weighted by Gasteiger charge is 2.09. The average Bonchev–Trinajstić information content (AvgIpc) is 2.82. The zero-order valence-corrected chi connectivity index (χ0v) is 10.9. The minimum Gasteiger partial charge on any atom is -0.263 e. The third-order valence-corrected chi connectivity index (χ3v) is 4.27. The first-order valence-electron chi connectivity index (χ1n) is 5.81. The Morgan fingerprint density at radius 2 is 1.83 bits per heavy atom. The van der Waals surface area contributed by atoms with Gasteiger partial charge in [0.05, 0.1) is 10.4 Å². The number of rotatable bonds is 2. The van der Waals surface area contributed by atoms with Crippen molar-refractivity contribution in [2.75, 3.05) is 0 Å². The smallest absolute Gasteiger partial charge is 0.157 e. The van der Waals surface area contributed by atoms with Gasteiger partial charge in [0.1, 0.15) is 0 Å². The molecule has 3 heteroatoms. The lowest BCUT2D eigenvalue weighted by Crippen LogP contribution is -2.03. The van der Waals surface area contributed by atoms with Crippen LogP contribution in [0.3, 0.4) is 0 Å². The van der Waals surface area contributed by atoms with Crippen LogP contribution in [0.5, 0.6) is 0 Å². The van der Waals surface area contributed by atoms with Crippen LogP contribution in [0.25, 0.3) is 10.9 Å². The molecule has 0 N–H and O–H groups in total. The van der Waals surface area contributed by atoms with E-state index in [0.29, 0.717) is 0 Å². The molecule has 0 aliphatic carbocycles. The fourth-order valence-electron chi connectivity index (χ4n) is 2.04. The van der Waals surface area contributed by atoms with Gasteiger partial charge >= 0.3 is 0 Å². The summed E-state index contributed by atoms with van der Waals surface area (Å²) in [5.74, 6) is 0. The standard InChI is InChI=1S/C15H13NOS/c1-12-5-4-7-14(11-12)18(17)16-10-9-13-6-2-3-8-15(13)16/h2-11H,1H3. The van der Waals surface area contributed by atoms with Gasteiger partial charge in [-0.25, -0.2) is 4.21 Å². The van der Waals surface area contributed by atoms with Crippen LogP contribution in [-0.2, 0) is 11.0 Å². The first-order valence-corrected chi connectivity index (χ1v) is 6.91.